The third-order valence-corrected chi connectivity index (χ3v) is 7.84. The van der Waals surface area contributed by atoms with Crippen molar-refractivity contribution < 1.29 is 9.18 Å². The molecule has 1 aromatic heterocycles. The molecule has 5 rings (SSSR count). The van der Waals surface area contributed by atoms with Crippen LogP contribution in [0.2, 0.25) is 0 Å². The Morgan fingerprint density at radius 3 is 2.47 bits per heavy atom. The number of pyridine rings is 1. The van der Waals surface area contributed by atoms with Crippen LogP contribution in [0.3, 0.4) is 0 Å². The molecule has 3 aliphatic rings. The summed E-state index contributed by atoms with van der Waals surface area (Å²) < 4.78 is 14.0. The van der Waals surface area contributed by atoms with E-state index in [1.54, 1.807) is 17.0 Å². The van der Waals surface area contributed by atoms with E-state index in [0.717, 1.165) is 61.4 Å². The summed E-state index contributed by atoms with van der Waals surface area (Å²) in [6, 6.07) is 9.03. The number of hydrogen-bond donors (Lipinski definition) is 1. The first-order valence-corrected chi connectivity index (χ1v) is 11.6. The zero-order chi connectivity index (χ0) is 22.5. The molecule has 1 saturated carbocycles. The van der Waals surface area contributed by atoms with Gasteiger partial charge in [0.25, 0.3) is 0 Å². The minimum absolute atomic E-state index is 0.0691. The quantitative estimate of drug-likeness (QED) is 0.785. The minimum atomic E-state index is -0.270. The number of nitrogens with one attached hydrogen (secondary N) is 1. The highest BCUT2D eigenvalue weighted by molar-refractivity contribution is 5.95. The summed E-state index contributed by atoms with van der Waals surface area (Å²) >= 11 is 0. The standard InChI is InChI=1S/C25H32FN5O/c1-18-14-21(30-12-5-13-30)16-27-22(18)31-17-24(28-23(31)32)8-10-25(11-9-24,29(2)3)19-6-4-7-20(26)15-19/h4,6-7,14-16H,5,8-13,17H2,1-3H3,(H,28,32). The van der Waals surface area contributed by atoms with Gasteiger partial charge in [0.15, 0.2) is 0 Å². The molecule has 2 saturated heterocycles. The van der Waals surface area contributed by atoms with Crippen LogP contribution in [0.5, 0.6) is 0 Å². The van der Waals surface area contributed by atoms with Crippen molar-refractivity contribution >= 4 is 17.5 Å². The normalized spacial score (nSPS) is 27.7. The Bertz CT molecular complexity index is 1030. The maximum atomic E-state index is 14.0. The first-order valence-electron chi connectivity index (χ1n) is 11.6. The number of urea groups is 1. The van der Waals surface area contributed by atoms with E-state index < -0.39 is 0 Å². The highest BCUT2D eigenvalue weighted by Gasteiger charge is 2.50. The van der Waals surface area contributed by atoms with Crippen molar-refractivity contribution in [3.63, 3.8) is 0 Å². The lowest BCUT2D eigenvalue weighted by atomic mass is 9.69. The Hall–Kier alpha value is -2.67. The molecule has 170 valence electrons. The number of rotatable bonds is 4. The monoisotopic (exact) mass is 437 g/mol. The molecule has 2 aliphatic heterocycles. The molecule has 3 fully saturated rings. The first kappa shape index (κ1) is 21.2. The number of hydrogen-bond acceptors (Lipinski definition) is 4. The van der Waals surface area contributed by atoms with E-state index in [0.29, 0.717) is 6.54 Å². The van der Waals surface area contributed by atoms with E-state index in [-0.39, 0.29) is 22.9 Å². The van der Waals surface area contributed by atoms with Crippen molar-refractivity contribution in [2.45, 2.75) is 50.1 Å². The molecule has 6 nitrogen and oxygen atoms in total. The van der Waals surface area contributed by atoms with Gasteiger partial charge in [-0.2, -0.15) is 0 Å². The van der Waals surface area contributed by atoms with Crippen molar-refractivity contribution in [3.05, 3.63) is 53.5 Å². The van der Waals surface area contributed by atoms with Gasteiger partial charge >= 0.3 is 6.03 Å². The summed E-state index contributed by atoms with van der Waals surface area (Å²) in [5.41, 5.74) is 2.68. The van der Waals surface area contributed by atoms with Gasteiger partial charge in [0.05, 0.1) is 24.0 Å². The van der Waals surface area contributed by atoms with E-state index in [1.165, 1.54) is 12.5 Å². The molecule has 1 spiro atoms. The summed E-state index contributed by atoms with van der Waals surface area (Å²) in [5, 5.41) is 3.29. The van der Waals surface area contributed by atoms with Gasteiger partial charge in [0.2, 0.25) is 0 Å². The number of anilines is 2. The van der Waals surface area contributed by atoms with Crippen LogP contribution in [-0.2, 0) is 5.54 Å². The molecule has 32 heavy (non-hydrogen) atoms. The molecule has 1 aliphatic carbocycles. The molecule has 0 atom stereocenters. The van der Waals surface area contributed by atoms with Gasteiger partial charge in [-0.25, -0.2) is 14.2 Å². The third-order valence-electron chi connectivity index (χ3n) is 7.84. The lowest BCUT2D eigenvalue weighted by Crippen LogP contribution is -2.54. The number of nitrogens with zero attached hydrogens (tertiary/aromatic N) is 4. The van der Waals surface area contributed by atoms with Crippen LogP contribution in [0.1, 0.15) is 43.2 Å². The Morgan fingerprint density at radius 2 is 1.88 bits per heavy atom. The van der Waals surface area contributed by atoms with Crippen molar-refractivity contribution in [1.82, 2.24) is 15.2 Å². The summed E-state index contributed by atoms with van der Waals surface area (Å²) in [7, 11) is 4.13. The zero-order valence-corrected chi connectivity index (χ0v) is 19.2. The van der Waals surface area contributed by atoms with Crippen molar-refractivity contribution in [1.29, 1.82) is 0 Å². The Labute approximate surface area is 189 Å². The van der Waals surface area contributed by atoms with E-state index >= 15 is 0 Å². The molecule has 2 amide bonds. The molecule has 0 bridgehead atoms. The second-order valence-corrected chi connectivity index (χ2v) is 9.91. The first-order chi connectivity index (χ1) is 15.3. The Kier molecular flexibility index (Phi) is 5.12. The van der Waals surface area contributed by atoms with Crippen LogP contribution in [0.15, 0.2) is 36.5 Å². The molecule has 1 aromatic carbocycles. The summed E-state index contributed by atoms with van der Waals surface area (Å²) in [5.74, 6) is 0.547. The van der Waals surface area contributed by atoms with Gasteiger partial charge in [0, 0.05) is 18.6 Å². The molecular formula is C25H32FN5O. The number of aromatic nitrogens is 1. The molecule has 0 radical (unpaired) electrons. The summed E-state index contributed by atoms with van der Waals surface area (Å²) in [6.45, 7) is 4.81. The number of aryl methyl sites for hydroxylation is 1. The summed E-state index contributed by atoms with van der Waals surface area (Å²) in [6.07, 6.45) is 6.52. The number of carbonyl (C=O) groups excluding carboxylic acids is 1. The SMILES string of the molecule is Cc1cc(N2CCC2)cnc1N1CC2(CCC(c3cccc(F)c3)(N(C)C)CC2)NC1=O. The Morgan fingerprint density at radius 1 is 1.12 bits per heavy atom. The maximum Gasteiger partial charge on any atom is 0.323 e. The number of halogens is 1. The predicted octanol–water partition coefficient (Wildman–Crippen LogP) is 4.04. The molecule has 3 heterocycles. The van der Waals surface area contributed by atoms with E-state index in [1.807, 2.05) is 19.2 Å². The fraction of sp³-hybridized carbons (Fsp3) is 0.520. The van der Waals surface area contributed by atoms with Gasteiger partial charge < -0.3 is 10.2 Å². The van der Waals surface area contributed by atoms with E-state index in [9.17, 15) is 9.18 Å². The van der Waals surface area contributed by atoms with Crippen molar-refractivity contribution in [3.8, 4) is 0 Å². The minimum Gasteiger partial charge on any atom is -0.370 e. The van der Waals surface area contributed by atoms with Gasteiger partial charge in [-0.1, -0.05) is 12.1 Å². The topological polar surface area (TPSA) is 51.7 Å². The number of benzene rings is 1. The Balaban J connectivity index is 1.35. The second-order valence-electron chi connectivity index (χ2n) is 9.91. The highest BCUT2D eigenvalue weighted by atomic mass is 19.1. The van der Waals surface area contributed by atoms with E-state index in [4.69, 9.17) is 0 Å². The van der Waals surface area contributed by atoms with Gasteiger partial charge in [-0.15, -0.1) is 0 Å². The average molecular weight is 438 g/mol. The lowest BCUT2D eigenvalue weighted by Gasteiger charge is -2.48. The predicted molar refractivity (Wildman–Crippen MR) is 125 cm³/mol. The maximum absolute atomic E-state index is 14.0. The van der Waals surface area contributed by atoms with Crippen molar-refractivity contribution in [2.24, 2.45) is 0 Å². The van der Waals surface area contributed by atoms with Crippen LogP contribution in [-0.4, -0.2) is 55.2 Å². The van der Waals surface area contributed by atoms with Crippen LogP contribution >= 0.6 is 0 Å². The molecule has 1 N–H and O–H groups in total. The smallest absolute Gasteiger partial charge is 0.323 e. The zero-order valence-electron chi connectivity index (χ0n) is 19.2. The van der Waals surface area contributed by atoms with Gasteiger partial charge in [-0.05, 0) is 82.4 Å². The van der Waals surface area contributed by atoms with Crippen molar-refractivity contribution in [2.75, 3.05) is 43.5 Å². The van der Waals surface area contributed by atoms with Crippen LogP contribution < -0.4 is 15.1 Å². The highest BCUT2D eigenvalue weighted by Crippen LogP contribution is 2.46. The molecule has 0 unspecified atom stereocenters. The van der Waals surface area contributed by atoms with Crippen LogP contribution in [0.4, 0.5) is 20.7 Å². The molecule has 2 aromatic rings. The average Bonchev–Trinajstić information content (AvgIpc) is 3.03. The van der Waals surface area contributed by atoms with E-state index in [2.05, 4.69) is 40.3 Å². The number of amides is 2. The summed E-state index contributed by atoms with van der Waals surface area (Å²) in [4.78, 5) is 24.0. The van der Waals surface area contributed by atoms with Crippen LogP contribution in [0.25, 0.3) is 0 Å². The molecule has 7 heteroatoms. The second kappa shape index (κ2) is 7.73. The lowest BCUT2D eigenvalue weighted by molar-refractivity contribution is 0.0655. The fourth-order valence-electron chi connectivity index (χ4n) is 5.66. The van der Waals surface area contributed by atoms with Gasteiger partial charge in [0.1, 0.15) is 11.6 Å². The van der Waals surface area contributed by atoms with Crippen LogP contribution in [0, 0.1) is 12.7 Å². The fourth-order valence-corrected chi connectivity index (χ4v) is 5.66. The largest absolute Gasteiger partial charge is 0.370 e. The third kappa shape index (κ3) is 3.43. The van der Waals surface area contributed by atoms with Gasteiger partial charge in [-0.3, -0.25) is 9.80 Å². The molecular weight excluding hydrogens is 405 g/mol. The number of carbonyl (C=O) groups is 1.